The van der Waals surface area contributed by atoms with Crippen LogP contribution in [0, 0.1) is 6.92 Å². The van der Waals surface area contributed by atoms with E-state index < -0.39 is 0 Å². The monoisotopic (exact) mass is 475 g/mol. The average molecular weight is 475 g/mol. The van der Waals surface area contributed by atoms with Crippen LogP contribution in [0.5, 0.6) is 5.88 Å². The van der Waals surface area contributed by atoms with Crippen LogP contribution < -0.4 is 10.1 Å². The van der Waals surface area contributed by atoms with Crippen molar-refractivity contribution in [2.45, 2.75) is 33.4 Å². The van der Waals surface area contributed by atoms with Gasteiger partial charge < -0.3 is 15.0 Å². The fourth-order valence-corrected chi connectivity index (χ4v) is 2.85. The van der Waals surface area contributed by atoms with E-state index in [1.165, 1.54) is 0 Å². The van der Waals surface area contributed by atoms with E-state index in [4.69, 9.17) is 4.74 Å². The van der Waals surface area contributed by atoms with E-state index in [9.17, 15) is 0 Å². The molecule has 0 aliphatic heterocycles. The number of aryl methyl sites for hydroxylation is 1. The minimum absolute atomic E-state index is 0. The highest BCUT2D eigenvalue weighted by molar-refractivity contribution is 14.0. The molecule has 0 saturated carbocycles. The van der Waals surface area contributed by atoms with Gasteiger partial charge in [0.2, 0.25) is 5.88 Å². The van der Waals surface area contributed by atoms with Crippen LogP contribution in [0.1, 0.15) is 29.6 Å². The Balaban J connectivity index is 0.00000312. The molecule has 0 bridgehead atoms. The van der Waals surface area contributed by atoms with Crippen molar-refractivity contribution >= 4 is 41.3 Å². The van der Waals surface area contributed by atoms with Gasteiger partial charge in [-0.2, -0.15) is 0 Å². The molecule has 0 spiro atoms. The van der Waals surface area contributed by atoms with Gasteiger partial charge in [-0.1, -0.05) is 13.0 Å². The molecule has 25 heavy (non-hydrogen) atoms. The summed E-state index contributed by atoms with van der Waals surface area (Å²) in [4.78, 5) is 15.2. The highest BCUT2D eigenvalue weighted by Crippen LogP contribution is 2.14. The molecule has 2 aromatic heterocycles. The first-order valence-electron chi connectivity index (χ1n) is 8.03. The number of thiazole rings is 1. The lowest BCUT2D eigenvalue weighted by Crippen LogP contribution is -2.38. The van der Waals surface area contributed by atoms with Gasteiger partial charge in [-0.15, -0.1) is 35.3 Å². The number of hydrogen-bond acceptors (Lipinski definition) is 5. The fraction of sp³-hybridized carbons (Fsp3) is 0.471. The lowest BCUT2D eigenvalue weighted by molar-refractivity contribution is 0.301. The zero-order chi connectivity index (χ0) is 17.4. The van der Waals surface area contributed by atoms with Crippen molar-refractivity contribution in [1.29, 1.82) is 0 Å². The Bertz CT molecular complexity index is 677. The predicted octanol–water partition coefficient (Wildman–Crippen LogP) is 3.46. The second-order valence-electron chi connectivity index (χ2n) is 5.43. The van der Waals surface area contributed by atoms with Gasteiger partial charge in [-0.25, -0.2) is 9.97 Å². The number of halogens is 1. The van der Waals surface area contributed by atoms with E-state index in [0.29, 0.717) is 19.0 Å². The summed E-state index contributed by atoms with van der Waals surface area (Å²) in [6.07, 6.45) is 2.71. The highest BCUT2D eigenvalue weighted by atomic mass is 127. The largest absolute Gasteiger partial charge is 0.477 e. The van der Waals surface area contributed by atoms with Gasteiger partial charge in [0.1, 0.15) is 0 Å². The van der Waals surface area contributed by atoms with E-state index in [1.54, 1.807) is 24.6 Å². The van der Waals surface area contributed by atoms with Crippen LogP contribution in [0.15, 0.2) is 28.7 Å². The Kier molecular flexibility index (Phi) is 9.73. The van der Waals surface area contributed by atoms with E-state index in [0.717, 1.165) is 35.2 Å². The van der Waals surface area contributed by atoms with Crippen molar-refractivity contribution in [3.8, 4) is 5.88 Å². The summed E-state index contributed by atoms with van der Waals surface area (Å²) in [7, 11) is 3.78. The lowest BCUT2D eigenvalue weighted by atomic mass is 10.2. The maximum absolute atomic E-state index is 5.70. The van der Waals surface area contributed by atoms with Crippen LogP contribution in [0.3, 0.4) is 0 Å². The Morgan fingerprint density at radius 3 is 2.88 bits per heavy atom. The van der Waals surface area contributed by atoms with Crippen LogP contribution in [0.2, 0.25) is 0 Å². The molecule has 0 amide bonds. The van der Waals surface area contributed by atoms with Crippen molar-refractivity contribution in [2.75, 3.05) is 20.7 Å². The molecule has 0 saturated heterocycles. The molecule has 0 unspecified atom stereocenters. The van der Waals surface area contributed by atoms with Crippen molar-refractivity contribution < 1.29 is 4.74 Å². The molecular formula is C17H26IN5OS. The summed E-state index contributed by atoms with van der Waals surface area (Å²) >= 11 is 1.66. The van der Waals surface area contributed by atoms with Gasteiger partial charge in [-0.05, 0) is 19.4 Å². The standard InChI is InChI=1S/C17H25N5OS.HI/c1-5-9-23-16-14(7-6-8-19-16)10-20-17(18-3)22(4)11-15-12-24-13(2)21-15;/h6-8,12H,5,9-11H2,1-4H3,(H,18,20);1H. The topological polar surface area (TPSA) is 62.6 Å². The third-order valence-corrected chi connectivity index (χ3v) is 4.19. The molecule has 0 aromatic carbocycles. The molecule has 2 aromatic rings. The summed E-state index contributed by atoms with van der Waals surface area (Å²) in [6.45, 7) is 6.09. The normalized spacial score (nSPS) is 11.0. The third kappa shape index (κ3) is 6.77. The van der Waals surface area contributed by atoms with Crippen molar-refractivity contribution in [3.05, 3.63) is 40.0 Å². The van der Waals surface area contributed by atoms with Crippen molar-refractivity contribution in [2.24, 2.45) is 4.99 Å². The Morgan fingerprint density at radius 1 is 1.44 bits per heavy atom. The number of nitrogens with one attached hydrogen (secondary N) is 1. The molecule has 6 nitrogen and oxygen atoms in total. The summed E-state index contributed by atoms with van der Waals surface area (Å²) in [5.74, 6) is 1.49. The number of aliphatic imine (C=N–C) groups is 1. The molecule has 2 heterocycles. The van der Waals surface area contributed by atoms with E-state index >= 15 is 0 Å². The molecule has 138 valence electrons. The summed E-state index contributed by atoms with van der Waals surface area (Å²) in [6, 6.07) is 3.93. The van der Waals surface area contributed by atoms with Gasteiger partial charge >= 0.3 is 0 Å². The smallest absolute Gasteiger partial charge is 0.218 e. The SMILES string of the molecule is CCCOc1ncccc1CNC(=NC)N(C)Cc1csc(C)n1.I. The molecule has 1 N–H and O–H groups in total. The first kappa shape index (κ1) is 21.6. The number of nitrogens with zero attached hydrogens (tertiary/aromatic N) is 4. The Labute approximate surface area is 170 Å². The van der Waals surface area contributed by atoms with E-state index in [1.807, 2.05) is 26.1 Å². The Hall–Kier alpha value is -1.42. The summed E-state index contributed by atoms with van der Waals surface area (Å²) in [5.41, 5.74) is 2.07. The Morgan fingerprint density at radius 2 is 2.24 bits per heavy atom. The first-order chi connectivity index (χ1) is 11.6. The summed E-state index contributed by atoms with van der Waals surface area (Å²) < 4.78 is 5.70. The van der Waals surface area contributed by atoms with Crippen molar-refractivity contribution in [3.63, 3.8) is 0 Å². The average Bonchev–Trinajstić information content (AvgIpc) is 2.99. The predicted molar refractivity (Wildman–Crippen MR) is 114 cm³/mol. The lowest BCUT2D eigenvalue weighted by Gasteiger charge is -2.21. The van der Waals surface area contributed by atoms with Crippen LogP contribution in [0.25, 0.3) is 0 Å². The summed E-state index contributed by atoms with van der Waals surface area (Å²) in [5, 5.41) is 6.52. The fourth-order valence-electron chi connectivity index (χ4n) is 2.25. The molecule has 0 aliphatic carbocycles. The van der Waals surface area contributed by atoms with Gasteiger partial charge in [0.15, 0.2) is 5.96 Å². The number of ether oxygens (including phenoxy) is 1. The second-order valence-corrected chi connectivity index (χ2v) is 6.49. The molecule has 8 heteroatoms. The second kappa shape index (κ2) is 11.2. The highest BCUT2D eigenvalue weighted by Gasteiger charge is 2.10. The maximum Gasteiger partial charge on any atom is 0.218 e. The van der Waals surface area contributed by atoms with Crippen LogP contribution in [0.4, 0.5) is 0 Å². The number of hydrogen-bond donors (Lipinski definition) is 1. The van der Waals surface area contributed by atoms with Gasteiger partial charge in [0.05, 0.1) is 23.9 Å². The molecule has 0 fully saturated rings. The van der Waals surface area contributed by atoms with Gasteiger partial charge in [-0.3, -0.25) is 4.99 Å². The maximum atomic E-state index is 5.70. The van der Waals surface area contributed by atoms with Gasteiger partial charge in [0.25, 0.3) is 0 Å². The molecule has 0 aliphatic rings. The molecule has 0 radical (unpaired) electrons. The van der Waals surface area contributed by atoms with E-state index in [2.05, 4.69) is 37.5 Å². The van der Waals surface area contributed by atoms with Crippen LogP contribution >= 0.6 is 35.3 Å². The molecule has 2 rings (SSSR count). The zero-order valence-corrected chi connectivity index (χ0v) is 18.3. The van der Waals surface area contributed by atoms with E-state index in [-0.39, 0.29) is 24.0 Å². The van der Waals surface area contributed by atoms with Gasteiger partial charge in [0, 0.05) is 37.8 Å². The first-order valence-corrected chi connectivity index (χ1v) is 8.91. The number of guanidine groups is 1. The van der Waals surface area contributed by atoms with Crippen molar-refractivity contribution in [1.82, 2.24) is 20.2 Å². The molecular weight excluding hydrogens is 449 g/mol. The van der Waals surface area contributed by atoms with Crippen LogP contribution in [-0.2, 0) is 13.1 Å². The van der Waals surface area contributed by atoms with Crippen LogP contribution in [-0.4, -0.2) is 41.5 Å². The number of pyridine rings is 1. The molecule has 0 atom stereocenters. The number of aromatic nitrogens is 2. The minimum atomic E-state index is 0. The third-order valence-electron chi connectivity index (χ3n) is 3.37. The quantitative estimate of drug-likeness (QED) is 0.378. The zero-order valence-electron chi connectivity index (χ0n) is 15.2. The number of rotatable bonds is 7. The minimum Gasteiger partial charge on any atom is -0.477 e.